The van der Waals surface area contributed by atoms with Crippen molar-refractivity contribution in [2.45, 2.75) is 12.8 Å². The number of rotatable bonds is 1. The van der Waals surface area contributed by atoms with Crippen LogP contribution in [0.2, 0.25) is 0 Å². The van der Waals surface area contributed by atoms with Crippen molar-refractivity contribution >= 4 is 38.7 Å². The molecular formula is C26H19N. The van der Waals surface area contributed by atoms with Crippen molar-refractivity contribution in [1.82, 2.24) is 4.57 Å². The van der Waals surface area contributed by atoms with Crippen LogP contribution in [0.5, 0.6) is 0 Å². The van der Waals surface area contributed by atoms with E-state index in [4.69, 9.17) is 0 Å². The predicted octanol–water partition coefficient (Wildman–Crippen LogP) is 6.90. The second-order valence-electron chi connectivity index (χ2n) is 7.36. The topological polar surface area (TPSA) is 4.93 Å². The molecule has 0 spiro atoms. The van der Waals surface area contributed by atoms with E-state index in [-0.39, 0.29) is 0 Å². The summed E-state index contributed by atoms with van der Waals surface area (Å²) in [6.45, 7) is 0. The summed E-state index contributed by atoms with van der Waals surface area (Å²) in [6.07, 6.45) is 6.78. The molecule has 27 heavy (non-hydrogen) atoms. The summed E-state index contributed by atoms with van der Waals surface area (Å²) in [5, 5.41) is 5.29. The summed E-state index contributed by atoms with van der Waals surface area (Å²) in [6, 6.07) is 28.9. The lowest BCUT2D eigenvalue weighted by atomic mass is 9.97. The molecule has 0 N–H and O–H groups in total. The molecule has 0 amide bonds. The van der Waals surface area contributed by atoms with E-state index < -0.39 is 0 Å². The van der Waals surface area contributed by atoms with Gasteiger partial charge in [0.05, 0.1) is 11.0 Å². The van der Waals surface area contributed by atoms with Crippen molar-refractivity contribution in [2.75, 3.05) is 0 Å². The quantitative estimate of drug-likeness (QED) is 0.311. The highest BCUT2D eigenvalue weighted by molar-refractivity contribution is 6.21. The lowest BCUT2D eigenvalue weighted by Crippen LogP contribution is -1.99. The van der Waals surface area contributed by atoms with Crippen molar-refractivity contribution in [3.63, 3.8) is 0 Å². The molecule has 128 valence electrons. The minimum absolute atomic E-state index is 1.12. The van der Waals surface area contributed by atoms with Crippen LogP contribution in [0.4, 0.5) is 0 Å². The maximum absolute atomic E-state index is 2.43. The second kappa shape index (κ2) is 5.59. The number of nitrogens with zero attached hydrogens (tertiary/aromatic N) is 1. The smallest absolute Gasteiger partial charge is 0.0547 e. The van der Waals surface area contributed by atoms with Gasteiger partial charge in [0.15, 0.2) is 0 Å². The number of aryl methyl sites for hydroxylation is 1. The second-order valence-corrected chi connectivity index (χ2v) is 7.36. The average molecular weight is 345 g/mol. The van der Waals surface area contributed by atoms with Crippen LogP contribution < -0.4 is 0 Å². The van der Waals surface area contributed by atoms with Crippen LogP contribution in [0.25, 0.3) is 44.3 Å². The summed E-state index contributed by atoms with van der Waals surface area (Å²) in [7, 11) is 0. The zero-order chi connectivity index (χ0) is 17.8. The van der Waals surface area contributed by atoms with E-state index in [0.717, 1.165) is 12.8 Å². The third-order valence-electron chi connectivity index (χ3n) is 5.82. The van der Waals surface area contributed by atoms with Gasteiger partial charge in [-0.2, -0.15) is 0 Å². The molecule has 0 saturated carbocycles. The van der Waals surface area contributed by atoms with Crippen LogP contribution in [-0.2, 0) is 6.42 Å². The minimum Gasteiger partial charge on any atom is -0.309 e. The van der Waals surface area contributed by atoms with Crippen LogP contribution in [-0.4, -0.2) is 4.57 Å². The lowest BCUT2D eigenvalue weighted by Gasteiger charge is -2.14. The van der Waals surface area contributed by atoms with E-state index in [1.54, 1.807) is 0 Å². The van der Waals surface area contributed by atoms with E-state index in [1.165, 1.54) is 49.4 Å². The van der Waals surface area contributed by atoms with Crippen molar-refractivity contribution in [3.8, 4) is 5.69 Å². The first kappa shape index (κ1) is 14.8. The number of fused-ring (bicyclic) bond motifs is 6. The molecule has 5 aromatic rings. The van der Waals surface area contributed by atoms with Gasteiger partial charge in [0.1, 0.15) is 0 Å². The Morgan fingerprint density at radius 2 is 1.56 bits per heavy atom. The zero-order valence-corrected chi connectivity index (χ0v) is 15.0. The van der Waals surface area contributed by atoms with Crippen molar-refractivity contribution in [3.05, 3.63) is 96.1 Å². The Labute approximate surface area is 158 Å². The third kappa shape index (κ3) is 2.12. The van der Waals surface area contributed by atoms with Gasteiger partial charge < -0.3 is 4.57 Å². The molecule has 1 aliphatic carbocycles. The number of allylic oxidation sites excluding steroid dienone is 1. The summed E-state index contributed by atoms with van der Waals surface area (Å²) in [5.41, 5.74) is 6.61. The SMILES string of the molecule is C1=Cc2ccc(-n3c4ccccc4c4c5ccccc5ccc43)cc2CC1. The molecule has 1 aromatic heterocycles. The van der Waals surface area contributed by atoms with E-state index in [9.17, 15) is 0 Å². The Morgan fingerprint density at radius 3 is 2.52 bits per heavy atom. The number of hydrogen-bond donors (Lipinski definition) is 0. The van der Waals surface area contributed by atoms with Gasteiger partial charge in [-0.15, -0.1) is 0 Å². The first-order valence-corrected chi connectivity index (χ1v) is 9.61. The summed E-state index contributed by atoms with van der Waals surface area (Å²) in [4.78, 5) is 0. The van der Waals surface area contributed by atoms with Crippen LogP contribution in [0.1, 0.15) is 17.5 Å². The van der Waals surface area contributed by atoms with Crippen molar-refractivity contribution in [1.29, 1.82) is 0 Å². The molecule has 1 aliphatic rings. The van der Waals surface area contributed by atoms with Gasteiger partial charge in [-0.3, -0.25) is 0 Å². The molecule has 0 bridgehead atoms. The van der Waals surface area contributed by atoms with E-state index in [1.807, 2.05) is 0 Å². The third-order valence-corrected chi connectivity index (χ3v) is 5.82. The van der Waals surface area contributed by atoms with Crippen LogP contribution >= 0.6 is 0 Å². The molecule has 0 radical (unpaired) electrons. The van der Waals surface area contributed by atoms with Gasteiger partial charge in [-0.25, -0.2) is 0 Å². The van der Waals surface area contributed by atoms with Gasteiger partial charge >= 0.3 is 0 Å². The van der Waals surface area contributed by atoms with Crippen LogP contribution in [0, 0.1) is 0 Å². The predicted molar refractivity (Wildman–Crippen MR) is 116 cm³/mol. The molecule has 0 saturated heterocycles. The van der Waals surface area contributed by atoms with E-state index in [2.05, 4.69) is 95.6 Å². The first-order valence-electron chi connectivity index (χ1n) is 9.61. The van der Waals surface area contributed by atoms with Gasteiger partial charge in [0.25, 0.3) is 0 Å². The van der Waals surface area contributed by atoms with Gasteiger partial charge in [-0.1, -0.05) is 66.7 Å². The van der Waals surface area contributed by atoms with Gasteiger partial charge in [0.2, 0.25) is 0 Å². The summed E-state index contributed by atoms with van der Waals surface area (Å²) in [5.74, 6) is 0. The number of benzene rings is 4. The number of hydrogen-bond acceptors (Lipinski definition) is 0. The molecule has 0 aliphatic heterocycles. The Balaban J connectivity index is 1.76. The highest BCUT2D eigenvalue weighted by Crippen LogP contribution is 2.37. The Hall–Kier alpha value is -3.32. The Bertz CT molecular complexity index is 1370. The molecule has 0 atom stereocenters. The molecule has 0 fully saturated rings. The largest absolute Gasteiger partial charge is 0.309 e. The Kier molecular flexibility index (Phi) is 3.06. The van der Waals surface area contributed by atoms with Crippen LogP contribution in [0.15, 0.2) is 84.9 Å². The fourth-order valence-electron chi connectivity index (χ4n) is 4.58. The molecule has 1 heteroatoms. The number of aromatic nitrogens is 1. The van der Waals surface area contributed by atoms with Gasteiger partial charge in [-0.05, 0) is 59.0 Å². The first-order chi connectivity index (χ1) is 13.4. The molecule has 6 rings (SSSR count). The summed E-state index contributed by atoms with van der Waals surface area (Å²) >= 11 is 0. The maximum atomic E-state index is 2.43. The Morgan fingerprint density at radius 1 is 0.704 bits per heavy atom. The average Bonchev–Trinajstić information content (AvgIpc) is 3.08. The summed E-state index contributed by atoms with van der Waals surface area (Å²) < 4.78 is 2.43. The minimum atomic E-state index is 1.12. The molecule has 0 unspecified atom stereocenters. The highest BCUT2D eigenvalue weighted by atomic mass is 15.0. The number of para-hydroxylation sites is 1. The monoisotopic (exact) mass is 345 g/mol. The van der Waals surface area contributed by atoms with Crippen molar-refractivity contribution < 1.29 is 0 Å². The fraction of sp³-hybridized carbons (Fsp3) is 0.0769. The van der Waals surface area contributed by atoms with E-state index in [0.29, 0.717) is 0 Å². The fourth-order valence-corrected chi connectivity index (χ4v) is 4.58. The lowest BCUT2D eigenvalue weighted by molar-refractivity contribution is 0.979. The van der Waals surface area contributed by atoms with Gasteiger partial charge in [0, 0.05) is 16.5 Å². The highest BCUT2D eigenvalue weighted by Gasteiger charge is 2.15. The molecule has 4 aromatic carbocycles. The molecule has 1 nitrogen and oxygen atoms in total. The molecular weight excluding hydrogens is 326 g/mol. The normalized spacial score (nSPS) is 13.5. The van der Waals surface area contributed by atoms with Crippen molar-refractivity contribution in [2.24, 2.45) is 0 Å². The zero-order valence-electron chi connectivity index (χ0n) is 15.0. The molecule has 1 heterocycles. The maximum Gasteiger partial charge on any atom is 0.0547 e. The standard InChI is InChI=1S/C26H19N/c1-2-9-20-17-21(15-13-18(20)7-1)27-24-12-6-5-11-23(24)26-22-10-4-3-8-19(22)14-16-25(26)27/h1,3-8,10-17H,2,9H2. The van der Waals surface area contributed by atoms with Crippen LogP contribution in [0.3, 0.4) is 0 Å². The van der Waals surface area contributed by atoms with E-state index >= 15 is 0 Å².